The Kier molecular flexibility index (Phi) is 7.19. The molecule has 0 unspecified atom stereocenters. The van der Waals surface area contributed by atoms with Crippen LogP contribution in [0.15, 0.2) is 54.6 Å². The summed E-state index contributed by atoms with van der Waals surface area (Å²) in [4.78, 5) is 15.0. The molecule has 0 saturated carbocycles. The van der Waals surface area contributed by atoms with Crippen molar-refractivity contribution in [3.05, 3.63) is 60.4 Å². The predicted octanol–water partition coefficient (Wildman–Crippen LogP) is 0.0167. The highest BCUT2D eigenvalue weighted by Gasteiger charge is 2.24. The highest BCUT2D eigenvalue weighted by molar-refractivity contribution is 5.91. The van der Waals surface area contributed by atoms with Gasteiger partial charge >= 0.3 is 0 Å². The molecule has 1 aliphatic heterocycles. The maximum Gasteiger partial charge on any atom is 0.279 e. The minimum Gasteiger partial charge on any atom is -0.493 e. The van der Waals surface area contributed by atoms with E-state index in [0.717, 1.165) is 51.5 Å². The van der Waals surface area contributed by atoms with Crippen molar-refractivity contribution in [3.8, 4) is 5.75 Å². The fraction of sp³-hybridized carbons (Fsp3) is 0.381. The molecule has 3 rings (SSSR count). The second-order valence-electron chi connectivity index (χ2n) is 7.00. The molecule has 1 saturated heterocycles. The van der Waals surface area contributed by atoms with Crippen LogP contribution >= 0.6 is 0 Å². The molecule has 2 aromatic carbocycles. The van der Waals surface area contributed by atoms with Crippen molar-refractivity contribution in [1.29, 1.82) is 0 Å². The van der Waals surface area contributed by atoms with Crippen LogP contribution in [0.4, 0.5) is 10.1 Å². The topological polar surface area (TPSA) is 47.2 Å². The molecule has 3 N–H and O–H groups in total. The number of quaternary nitrogens is 2. The number of piperazine rings is 1. The zero-order chi connectivity index (χ0) is 18.9. The molecule has 0 bridgehead atoms. The Bertz CT molecular complexity index is 701. The molecule has 0 atom stereocenters. The van der Waals surface area contributed by atoms with Crippen LogP contribution in [0.2, 0.25) is 0 Å². The first-order valence-electron chi connectivity index (χ1n) is 9.59. The van der Waals surface area contributed by atoms with E-state index in [-0.39, 0.29) is 11.7 Å². The highest BCUT2D eigenvalue weighted by Crippen LogP contribution is 2.08. The SMILES string of the molecule is O=C(C[NH+]1CC[NH+](CCCOc2ccccc2)CC1)Nc1ccc(F)cc1. The first kappa shape index (κ1) is 19.3. The fourth-order valence-corrected chi connectivity index (χ4v) is 3.38. The van der Waals surface area contributed by atoms with Gasteiger partial charge in [-0.05, 0) is 36.4 Å². The van der Waals surface area contributed by atoms with Crippen molar-refractivity contribution in [1.82, 2.24) is 0 Å². The largest absolute Gasteiger partial charge is 0.493 e. The van der Waals surface area contributed by atoms with Crippen molar-refractivity contribution in [2.45, 2.75) is 6.42 Å². The number of halogens is 1. The van der Waals surface area contributed by atoms with E-state index in [9.17, 15) is 9.18 Å². The second-order valence-corrected chi connectivity index (χ2v) is 7.00. The summed E-state index contributed by atoms with van der Waals surface area (Å²) in [6.07, 6.45) is 1.03. The molecule has 2 aromatic rings. The summed E-state index contributed by atoms with van der Waals surface area (Å²) in [5.74, 6) is 0.608. The third-order valence-electron chi connectivity index (χ3n) is 4.89. The zero-order valence-electron chi connectivity index (χ0n) is 15.5. The summed E-state index contributed by atoms with van der Waals surface area (Å²) >= 11 is 0. The third kappa shape index (κ3) is 6.66. The van der Waals surface area contributed by atoms with Crippen LogP contribution in [0.3, 0.4) is 0 Å². The van der Waals surface area contributed by atoms with Crippen LogP contribution < -0.4 is 19.9 Å². The lowest BCUT2D eigenvalue weighted by atomic mass is 10.2. The predicted molar refractivity (Wildman–Crippen MR) is 103 cm³/mol. The van der Waals surface area contributed by atoms with Gasteiger partial charge in [0.1, 0.15) is 37.7 Å². The van der Waals surface area contributed by atoms with Crippen LogP contribution in [0, 0.1) is 5.82 Å². The van der Waals surface area contributed by atoms with E-state index in [1.54, 1.807) is 17.0 Å². The van der Waals surface area contributed by atoms with Gasteiger partial charge in [-0.25, -0.2) is 4.39 Å². The highest BCUT2D eigenvalue weighted by atomic mass is 19.1. The molecule has 1 aliphatic rings. The maximum absolute atomic E-state index is 12.9. The van der Waals surface area contributed by atoms with E-state index in [2.05, 4.69) is 5.32 Å². The first-order chi connectivity index (χ1) is 13.2. The molecule has 1 heterocycles. The lowest BCUT2D eigenvalue weighted by Crippen LogP contribution is -3.28. The van der Waals surface area contributed by atoms with Crippen LogP contribution in [0.25, 0.3) is 0 Å². The van der Waals surface area contributed by atoms with Crippen molar-refractivity contribution in [2.75, 3.05) is 51.2 Å². The summed E-state index contributed by atoms with van der Waals surface area (Å²) < 4.78 is 18.6. The van der Waals surface area contributed by atoms with Crippen molar-refractivity contribution in [2.24, 2.45) is 0 Å². The number of anilines is 1. The van der Waals surface area contributed by atoms with Gasteiger partial charge in [-0.15, -0.1) is 0 Å². The summed E-state index contributed by atoms with van der Waals surface area (Å²) in [6, 6.07) is 15.8. The molecular weight excluding hydrogens is 345 g/mol. The van der Waals surface area contributed by atoms with Gasteiger partial charge in [0.2, 0.25) is 0 Å². The van der Waals surface area contributed by atoms with E-state index >= 15 is 0 Å². The quantitative estimate of drug-likeness (QED) is 0.572. The van der Waals surface area contributed by atoms with Gasteiger partial charge < -0.3 is 19.9 Å². The Morgan fingerprint density at radius 3 is 2.33 bits per heavy atom. The van der Waals surface area contributed by atoms with Crippen LogP contribution in [-0.4, -0.2) is 51.8 Å². The Labute approximate surface area is 159 Å². The summed E-state index contributed by atoms with van der Waals surface area (Å²) in [6.45, 7) is 6.43. The molecule has 0 aromatic heterocycles. The van der Waals surface area contributed by atoms with Crippen molar-refractivity contribution >= 4 is 11.6 Å². The third-order valence-corrected chi connectivity index (χ3v) is 4.89. The normalized spacial score (nSPS) is 19.4. The van der Waals surface area contributed by atoms with Crippen molar-refractivity contribution in [3.63, 3.8) is 0 Å². The smallest absolute Gasteiger partial charge is 0.279 e. The Morgan fingerprint density at radius 1 is 0.963 bits per heavy atom. The lowest BCUT2D eigenvalue weighted by molar-refractivity contribution is -1.01. The van der Waals surface area contributed by atoms with Gasteiger partial charge in [0, 0.05) is 12.1 Å². The van der Waals surface area contributed by atoms with E-state index in [1.165, 1.54) is 17.0 Å². The maximum atomic E-state index is 12.9. The first-order valence-corrected chi connectivity index (χ1v) is 9.59. The van der Waals surface area contributed by atoms with Gasteiger partial charge in [-0.2, -0.15) is 0 Å². The number of hydrogen-bond donors (Lipinski definition) is 3. The number of carbonyl (C=O) groups is 1. The number of hydrogen-bond acceptors (Lipinski definition) is 2. The Balaban J connectivity index is 1.29. The standard InChI is InChI=1S/C21H26FN3O2/c22-18-7-9-19(10-8-18)23-21(26)17-25-14-12-24(13-15-25)11-4-16-27-20-5-2-1-3-6-20/h1-3,5-10H,4,11-17H2,(H,23,26)/p+2. The van der Waals surface area contributed by atoms with E-state index in [4.69, 9.17) is 4.74 Å². The van der Waals surface area contributed by atoms with Gasteiger partial charge in [-0.3, -0.25) is 4.79 Å². The fourth-order valence-electron chi connectivity index (χ4n) is 3.38. The second kappa shape index (κ2) is 10.0. The van der Waals surface area contributed by atoms with Crippen molar-refractivity contribution < 1.29 is 23.7 Å². The van der Waals surface area contributed by atoms with E-state index in [0.29, 0.717) is 12.2 Å². The minimum absolute atomic E-state index is 0.0173. The summed E-state index contributed by atoms with van der Waals surface area (Å²) in [7, 11) is 0. The molecular formula is C21H28FN3O2+2. The summed E-state index contributed by atoms with van der Waals surface area (Å²) in [5.41, 5.74) is 0.642. The average Bonchev–Trinajstić information content (AvgIpc) is 2.69. The molecule has 6 heteroatoms. The monoisotopic (exact) mass is 373 g/mol. The number of benzene rings is 2. The van der Waals surface area contributed by atoms with Gasteiger partial charge in [0.25, 0.3) is 5.91 Å². The van der Waals surface area contributed by atoms with Gasteiger partial charge in [0.05, 0.1) is 13.2 Å². The Hall–Kier alpha value is -2.44. The Morgan fingerprint density at radius 2 is 1.63 bits per heavy atom. The molecule has 5 nitrogen and oxygen atoms in total. The number of ether oxygens (including phenoxy) is 1. The molecule has 144 valence electrons. The molecule has 0 spiro atoms. The van der Waals surface area contributed by atoms with Gasteiger partial charge in [0.15, 0.2) is 6.54 Å². The van der Waals surface area contributed by atoms with Gasteiger partial charge in [-0.1, -0.05) is 18.2 Å². The number of rotatable bonds is 8. The van der Waals surface area contributed by atoms with Crippen LogP contribution in [-0.2, 0) is 4.79 Å². The zero-order valence-corrected chi connectivity index (χ0v) is 15.5. The number of nitrogens with one attached hydrogen (secondary N) is 3. The molecule has 1 amide bonds. The molecule has 0 radical (unpaired) electrons. The lowest BCUT2D eigenvalue weighted by Gasteiger charge is -2.29. The average molecular weight is 373 g/mol. The number of para-hydroxylation sites is 1. The summed E-state index contributed by atoms with van der Waals surface area (Å²) in [5, 5.41) is 2.84. The molecule has 27 heavy (non-hydrogen) atoms. The van der Waals surface area contributed by atoms with E-state index in [1.807, 2.05) is 30.3 Å². The minimum atomic E-state index is -0.299. The molecule has 0 aliphatic carbocycles. The molecule has 1 fully saturated rings. The van der Waals surface area contributed by atoms with E-state index < -0.39 is 0 Å². The number of amides is 1. The van der Waals surface area contributed by atoms with Crippen LogP contribution in [0.5, 0.6) is 5.75 Å². The van der Waals surface area contributed by atoms with Crippen LogP contribution in [0.1, 0.15) is 6.42 Å². The number of carbonyl (C=O) groups excluding carboxylic acids is 1.